The Balaban J connectivity index is 2.04. The van der Waals surface area contributed by atoms with E-state index in [9.17, 15) is 13.6 Å². The third-order valence-corrected chi connectivity index (χ3v) is 2.56. The van der Waals surface area contributed by atoms with Gasteiger partial charge in [-0.3, -0.25) is 4.79 Å². The minimum atomic E-state index is -0.782. The van der Waals surface area contributed by atoms with Crippen LogP contribution in [0.3, 0.4) is 0 Å². The van der Waals surface area contributed by atoms with Crippen LogP contribution in [0.2, 0.25) is 0 Å². The molecule has 0 aliphatic heterocycles. The van der Waals surface area contributed by atoms with Crippen LogP contribution in [0.25, 0.3) is 0 Å². The zero-order valence-corrected chi connectivity index (χ0v) is 8.32. The van der Waals surface area contributed by atoms with Gasteiger partial charge in [-0.2, -0.15) is 0 Å². The first-order chi connectivity index (χ1) is 7.61. The number of rotatable bonds is 3. The third kappa shape index (κ3) is 2.19. The number of ether oxygens (including phenoxy) is 1. The molecule has 0 saturated heterocycles. The zero-order chi connectivity index (χ0) is 11.7. The summed E-state index contributed by atoms with van der Waals surface area (Å²) in [6.45, 7) is -0.0919. The lowest BCUT2D eigenvalue weighted by molar-refractivity contribution is -0.136. The lowest BCUT2D eigenvalue weighted by Gasteiger charge is -2.04. The van der Waals surface area contributed by atoms with Crippen molar-refractivity contribution in [3.05, 3.63) is 29.8 Å². The van der Waals surface area contributed by atoms with Crippen LogP contribution in [0.4, 0.5) is 8.78 Å². The van der Waals surface area contributed by atoms with Gasteiger partial charge in [0.15, 0.2) is 11.6 Å². The Kier molecular flexibility index (Phi) is 2.87. The molecule has 1 aliphatic rings. The topological polar surface area (TPSA) is 46.5 Å². The molecule has 1 aromatic rings. The van der Waals surface area contributed by atoms with Gasteiger partial charge in [0.25, 0.3) is 0 Å². The first-order valence-corrected chi connectivity index (χ1v) is 4.89. The summed E-state index contributed by atoms with van der Waals surface area (Å²) in [6, 6.07) is 2.66. The highest BCUT2D eigenvalue weighted by atomic mass is 19.1. The normalized spacial score (nSPS) is 22.9. The van der Waals surface area contributed by atoms with Gasteiger partial charge in [0, 0.05) is 12.7 Å². The Labute approximate surface area is 90.7 Å². The summed E-state index contributed by atoms with van der Waals surface area (Å²) in [5.41, 5.74) is 0. The Morgan fingerprint density at radius 2 is 2.25 bits per heavy atom. The molecule has 1 aromatic carbocycles. The highest BCUT2D eigenvalue weighted by Crippen LogP contribution is 2.39. The van der Waals surface area contributed by atoms with Crippen molar-refractivity contribution < 1.29 is 23.4 Å². The van der Waals surface area contributed by atoms with Crippen molar-refractivity contribution in [3.8, 4) is 5.75 Å². The standard InChI is InChI=1S/C11H10F2O3/c12-7-1-2-9(13)10(4-7)16-11(15)8-3-6(8)5-14/h1-2,4,6,8,14H,3,5H2/t6?,8-/m0/s1. The fourth-order valence-corrected chi connectivity index (χ4v) is 1.48. The van der Waals surface area contributed by atoms with Crippen LogP contribution in [0.15, 0.2) is 18.2 Å². The lowest BCUT2D eigenvalue weighted by Crippen LogP contribution is -2.13. The van der Waals surface area contributed by atoms with Crippen molar-refractivity contribution in [2.45, 2.75) is 6.42 Å². The molecule has 0 radical (unpaired) electrons. The van der Waals surface area contributed by atoms with Crippen LogP contribution in [-0.2, 0) is 4.79 Å². The van der Waals surface area contributed by atoms with Crippen molar-refractivity contribution in [1.29, 1.82) is 0 Å². The Bertz CT molecular complexity index is 420. The van der Waals surface area contributed by atoms with Gasteiger partial charge in [-0.15, -0.1) is 0 Å². The van der Waals surface area contributed by atoms with Crippen molar-refractivity contribution in [3.63, 3.8) is 0 Å². The van der Waals surface area contributed by atoms with Crippen LogP contribution in [0, 0.1) is 23.5 Å². The van der Waals surface area contributed by atoms with Gasteiger partial charge in [-0.25, -0.2) is 8.78 Å². The van der Waals surface area contributed by atoms with E-state index < -0.39 is 29.3 Å². The summed E-state index contributed by atoms with van der Waals surface area (Å²) in [5, 5.41) is 8.75. The average Bonchev–Trinajstić information content (AvgIpc) is 3.02. The Morgan fingerprint density at radius 1 is 1.50 bits per heavy atom. The molecule has 2 rings (SSSR count). The smallest absolute Gasteiger partial charge is 0.314 e. The molecule has 1 unspecified atom stereocenters. The average molecular weight is 228 g/mol. The van der Waals surface area contributed by atoms with Crippen molar-refractivity contribution >= 4 is 5.97 Å². The van der Waals surface area contributed by atoms with E-state index in [1.165, 1.54) is 0 Å². The van der Waals surface area contributed by atoms with Gasteiger partial charge in [-0.05, 0) is 24.5 Å². The molecule has 1 saturated carbocycles. The second-order valence-corrected chi connectivity index (χ2v) is 3.78. The quantitative estimate of drug-likeness (QED) is 0.630. The number of aliphatic hydroxyl groups is 1. The van der Waals surface area contributed by atoms with Gasteiger partial charge < -0.3 is 9.84 Å². The van der Waals surface area contributed by atoms with E-state index in [1.807, 2.05) is 0 Å². The maximum atomic E-state index is 13.1. The first-order valence-electron chi connectivity index (χ1n) is 4.89. The molecule has 86 valence electrons. The predicted molar refractivity (Wildman–Crippen MR) is 50.7 cm³/mol. The van der Waals surface area contributed by atoms with Crippen molar-refractivity contribution in [1.82, 2.24) is 0 Å². The van der Waals surface area contributed by atoms with Crippen LogP contribution in [0.1, 0.15) is 6.42 Å². The molecule has 1 fully saturated rings. The molecule has 0 aromatic heterocycles. The minimum Gasteiger partial charge on any atom is -0.423 e. The number of aliphatic hydroxyl groups excluding tert-OH is 1. The van der Waals surface area contributed by atoms with Crippen LogP contribution < -0.4 is 4.74 Å². The molecular formula is C11H10F2O3. The fraction of sp³-hybridized carbons (Fsp3) is 0.364. The maximum absolute atomic E-state index is 13.1. The van der Waals surface area contributed by atoms with E-state index in [4.69, 9.17) is 9.84 Å². The number of esters is 1. The highest BCUT2D eigenvalue weighted by Gasteiger charge is 2.44. The van der Waals surface area contributed by atoms with Gasteiger partial charge in [0.2, 0.25) is 0 Å². The molecule has 1 N–H and O–H groups in total. The second-order valence-electron chi connectivity index (χ2n) is 3.78. The number of carbonyl (C=O) groups is 1. The van der Waals surface area contributed by atoms with Crippen molar-refractivity contribution in [2.24, 2.45) is 11.8 Å². The predicted octanol–water partition coefficient (Wildman–Crippen LogP) is 1.50. The monoisotopic (exact) mass is 228 g/mol. The Hall–Kier alpha value is -1.49. The summed E-state index contributed by atoms with van der Waals surface area (Å²) in [7, 11) is 0. The lowest BCUT2D eigenvalue weighted by atomic mass is 10.3. The molecule has 2 atom stereocenters. The van der Waals surface area contributed by atoms with Gasteiger partial charge >= 0.3 is 5.97 Å². The minimum absolute atomic E-state index is 0.0919. The summed E-state index contributed by atoms with van der Waals surface area (Å²) < 4.78 is 30.6. The Morgan fingerprint density at radius 3 is 2.88 bits per heavy atom. The number of halogens is 2. The summed E-state index contributed by atoms with van der Waals surface area (Å²) in [4.78, 5) is 11.4. The molecule has 0 heterocycles. The van der Waals surface area contributed by atoms with Crippen LogP contribution in [0.5, 0.6) is 5.75 Å². The summed E-state index contributed by atoms with van der Waals surface area (Å²) >= 11 is 0. The van der Waals surface area contributed by atoms with E-state index in [0.29, 0.717) is 6.42 Å². The van der Waals surface area contributed by atoms with E-state index in [0.717, 1.165) is 18.2 Å². The number of hydrogen-bond donors (Lipinski definition) is 1. The second kappa shape index (κ2) is 4.17. The highest BCUT2D eigenvalue weighted by molar-refractivity contribution is 5.78. The van der Waals surface area contributed by atoms with Gasteiger partial charge in [-0.1, -0.05) is 0 Å². The van der Waals surface area contributed by atoms with E-state index in [2.05, 4.69) is 0 Å². The SMILES string of the molecule is O=C(Oc1cc(F)ccc1F)[C@H]1CC1CO. The van der Waals surface area contributed by atoms with E-state index in [-0.39, 0.29) is 12.5 Å². The fourth-order valence-electron chi connectivity index (χ4n) is 1.48. The van der Waals surface area contributed by atoms with Crippen LogP contribution in [-0.4, -0.2) is 17.7 Å². The largest absolute Gasteiger partial charge is 0.423 e. The molecular weight excluding hydrogens is 218 g/mol. The number of carbonyl (C=O) groups excluding carboxylic acids is 1. The molecule has 0 amide bonds. The van der Waals surface area contributed by atoms with Gasteiger partial charge in [0.1, 0.15) is 5.82 Å². The van der Waals surface area contributed by atoms with E-state index >= 15 is 0 Å². The molecule has 1 aliphatic carbocycles. The van der Waals surface area contributed by atoms with Gasteiger partial charge in [0.05, 0.1) is 5.92 Å². The molecule has 0 spiro atoms. The molecule has 5 heteroatoms. The number of benzene rings is 1. The molecule has 0 bridgehead atoms. The zero-order valence-electron chi connectivity index (χ0n) is 8.32. The third-order valence-electron chi connectivity index (χ3n) is 2.56. The van der Waals surface area contributed by atoms with Crippen molar-refractivity contribution in [2.75, 3.05) is 6.61 Å². The molecule has 3 nitrogen and oxygen atoms in total. The van der Waals surface area contributed by atoms with E-state index in [1.54, 1.807) is 0 Å². The maximum Gasteiger partial charge on any atom is 0.314 e. The summed E-state index contributed by atoms with van der Waals surface area (Å²) in [5.74, 6) is -2.98. The van der Waals surface area contributed by atoms with Crippen LogP contribution >= 0.6 is 0 Å². The molecule has 16 heavy (non-hydrogen) atoms. The first kappa shape index (κ1) is 11.0. The number of hydrogen-bond acceptors (Lipinski definition) is 3. The summed E-state index contributed by atoms with van der Waals surface area (Å²) in [6.07, 6.45) is 0.534.